The molecular weight excluding hydrogens is 545 g/mol. The Morgan fingerprint density at radius 1 is 0.667 bits per heavy atom. The van der Waals surface area contributed by atoms with Gasteiger partial charge in [-0.1, -0.05) is 117 Å². The first-order valence-electron chi connectivity index (χ1n) is 17.6. The minimum atomic E-state index is -4.01. The van der Waals surface area contributed by atoms with Gasteiger partial charge in [0.15, 0.2) is 12.4 Å². The van der Waals surface area contributed by atoms with Gasteiger partial charge >= 0.3 is 7.82 Å². The molecule has 7 heteroatoms. The van der Waals surface area contributed by atoms with Crippen LogP contribution in [-0.4, -0.2) is 31.3 Å². The van der Waals surface area contributed by atoms with Gasteiger partial charge in [-0.2, -0.15) is 0 Å². The van der Waals surface area contributed by atoms with Gasteiger partial charge in [0.2, 0.25) is 0 Å². The molecule has 0 fully saturated rings. The van der Waals surface area contributed by atoms with Crippen LogP contribution in [0, 0.1) is 12.8 Å². The van der Waals surface area contributed by atoms with E-state index in [2.05, 4.69) is 49.9 Å². The van der Waals surface area contributed by atoms with Crippen LogP contribution in [0.4, 0.5) is 0 Å². The summed E-state index contributed by atoms with van der Waals surface area (Å²) >= 11 is 0. The summed E-state index contributed by atoms with van der Waals surface area (Å²) in [5.41, 5.74) is 1.28. The molecule has 6 nitrogen and oxygen atoms in total. The first-order valence-corrected chi connectivity index (χ1v) is 19.1. The zero-order valence-corrected chi connectivity index (χ0v) is 28.6. The van der Waals surface area contributed by atoms with Crippen molar-refractivity contribution in [2.75, 3.05) is 26.4 Å². The fraction of sp³-hybridized carbons (Fsp3) is 0.857. The molecule has 0 aromatic carbocycles. The third kappa shape index (κ3) is 24.6. The maximum atomic E-state index is 12.3. The molecule has 42 heavy (non-hydrogen) atoms. The van der Waals surface area contributed by atoms with Gasteiger partial charge < -0.3 is 9.63 Å². The molecule has 1 N–H and O–H groups in total. The van der Waals surface area contributed by atoms with E-state index in [1.165, 1.54) is 89.0 Å². The number of aryl methyl sites for hydroxylation is 2. The van der Waals surface area contributed by atoms with Crippen LogP contribution in [0.2, 0.25) is 0 Å². The number of phosphoric acid groups is 1. The number of hydrogen-bond acceptors (Lipinski definition) is 4. The minimum absolute atomic E-state index is 0.122. The lowest BCUT2D eigenvalue weighted by molar-refractivity contribution is -0.697. The smallest absolute Gasteiger partial charge is 0.381 e. The molecule has 2 atom stereocenters. The van der Waals surface area contributed by atoms with Crippen LogP contribution in [0.25, 0.3) is 0 Å². The van der Waals surface area contributed by atoms with Gasteiger partial charge in [0, 0.05) is 31.1 Å². The molecule has 0 bridgehead atoms. The Labute approximate surface area is 259 Å². The lowest BCUT2D eigenvalue weighted by atomic mass is 10.0. The molecule has 1 aromatic heterocycles. The predicted molar refractivity (Wildman–Crippen MR) is 176 cm³/mol. The van der Waals surface area contributed by atoms with E-state index in [1.54, 1.807) is 0 Å². The fourth-order valence-electron chi connectivity index (χ4n) is 5.30. The molecular formula is C35H67NO5P+. The molecule has 1 rings (SSSR count). The highest BCUT2D eigenvalue weighted by atomic mass is 31.2. The van der Waals surface area contributed by atoms with Crippen LogP contribution in [-0.2, 0) is 24.9 Å². The lowest BCUT2D eigenvalue weighted by Gasteiger charge is -2.19. The van der Waals surface area contributed by atoms with Crippen LogP contribution in [0.5, 0.6) is 0 Å². The summed E-state index contributed by atoms with van der Waals surface area (Å²) < 4.78 is 31.0. The second-order valence-corrected chi connectivity index (χ2v) is 13.8. The van der Waals surface area contributed by atoms with Gasteiger partial charge in [0.05, 0.1) is 19.8 Å². The highest BCUT2D eigenvalue weighted by Gasteiger charge is 2.23. The lowest BCUT2D eigenvalue weighted by Crippen LogP contribution is -2.32. The number of pyridine rings is 1. The Balaban J connectivity index is 1.96. The second kappa shape index (κ2) is 27.7. The standard InChI is InChI=1S/C35H66NO5P/c1-4-6-7-8-9-10-11-12-13-14-15-16-19-22-30-39-32-35(24-5-2)33-41-42(37,38)40-31-23-20-17-18-21-27-36-28-25-34(3)26-29-36/h25-26,28-29,35H,4-24,27,30-33H2,1-3H3/p+1. The number of hydrogen-bond donors (Lipinski definition) is 1. The summed E-state index contributed by atoms with van der Waals surface area (Å²) in [4.78, 5) is 10.1. The van der Waals surface area contributed by atoms with Crippen molar-refractivity contribution in [1.29, 1.82) is 0 Å². The van der Waals surface area contributed by atoms with Crippen molar-refractivity contribution in [3.8, 4) is 0 Å². The first-order chi connectivity index (χ1) is 20.5. The van der Waals surface area contributed by atoms with E-state index in [1.807, 2.05) is 0 Å². The molecule has 1 aromatic rings. The molecule has 0 spiro atoms. The third-order valence-electron chi connectivity index (χ3n) is 8.04. The fourth-order valence-corrected chi connectivity index (χ4v) is 6.13. The van der Waals surface area contributed by atoms with Crippen molar-refractivity contribution in [1.82, 2.24) is 0 Å². The van der Waals surface area contributed by atoms with Crippen molar-refractivity contribution in [3.63, 3.8) is 0 Å². The van der Waals surface area contributed by atoms with Crippen LogP contribution in [0.3, 0.4) is 0 Å². The molecule has 2 unspecified atom stereocenters. The van der Waals surface area contributed by atoms with Crippen molar-refractivity contribution in [2.45, 2.75) is 162 Å². The summed E-state index contributed by atoms with van der Waals surface area (Å²) in [6.07, 6.45) is 30.2. The number of nitrogens with zero attached hydrogens (tertiary/aromatic N) is 1. The minimum Gasteiger partial charge on any atom is -0.381 e. The molecule has 0 saturated carbocycles. The summed E-state index contributed by atoms with van der Waals surface area (Å²) in [6, 6.07) is 4.26. The van der Waals surface area contributed by atoms with E-state index in [0.29, 0.717) is 6.61 Å². The number of unbranched alkanes of at least 4 members (excludes halogenated alkanes) is 17. The molecule has 246 valence electrons. The van der Waals surface area contributed by atoms with Gasteiger partial charge in [-0.3, -0.25) is 9.05 Å². The zero-order chi connectivity index (χ0) is 30.6. The maximum absolute atomic E-state index is 12.3. The molecule has 0 radical (unpaired) electrons. The van der Waals surface area contributed by atoms with Crippen LogP contribution < -0.4 is 4.57 Å². The van der Waals surface area contributed by atoms with E-state index < -0.39 is 7.82 Å². The van der Waals surface area contributed by atoms with Gasteiger partial charge in [0.25, 0.3) is 0 Å². The molecule has 0 amide bonds. The van der Waals surface area contributed by atoms with E-state index in [-0.39, 0.29) is 19.1 Å². The highest BCUT2D eigenvalue weighted by molar-refractivity contribution is 7.47. The first kappa shape index (κ1) is 39.2. The van der Waals surface area contributed by atoms with E-state index in [9.17, 15) is 9.46 Å². The summed E-state index contributed by atoms with van der Waals surface area (Å²) in [5, 5.41) is 0. The molecule has 0 aliphatic heterocycles. The number of phosphoric ester groups is 1. The molecule has 0 saturated heterocycles. The van der Waals surface area contributed by atoms with E-state index in [0.717, 1.165) is 64.5 Å². The summed E-state index contributed by atoms with van der Waals surface area (Å²) in [5.74, 6) is 0.122. The topological polar surface area (TPSA) is 68.9 Å². The monoisotopic (exact) mass is 612 g/mol. The van der Waals surface area contributed by atoms with Crippen LogP contribution in [0.15, 0.2) is 24.5 Å². The maximum Gasteiger partial charge on any atom is 0.472 e. The number of ether oxygens (including phenoxy) is 1. The van der Waals surface area contributed by atoms with Crippen molar-refractivity contribution >= 4 is 7.82 Å². The Hall–Kier alpha value is -0.780. The largest absolute Gasteiger partial charge is 0.472 e. The third-order valence-corrected chi connectivity index (χ3v) is 9.02. The van der Waals surface area contributed by atoms with Crippen LogP contribution >= 0.6 is 7.82 Å². The van der Waals surface area contributed by atoms with Crippen LogP contribution in [0.1, 0.15) is 154 Å². The van der Waals surface area contributed by atoms with Crippen molar-refractivity contribution in [3.05, 3.63) is 30.1 Å². The summed E-state index contributed by atoms with van der Waals surface area (Å²) in [7, 11) is -4.01. The normalized spacial score (nSPS) is 13.8. The predicted octanol–water partition coefficient (Wildman–Crippen LogP) is 10.3. The Kier molecular flexibility index (Phi) is 25.9. The second-order valence-electron chi connectivity index (χ2n) is 12.3. The SMILES string of the molecule is CCCCCCCCCCCCCCCCOCC(CCC)COP(=O)(O)OCCCCCCC[n+]1ccc(C)cc1. The van der Waals surface area contributed by atoms with Gasteiger partial charge in [-0.15, -0.1) is 0 Å². The quantitative estimate of drug-likeness (QED) is 0.0513. The summed E-state index contributed by atoms with van der Waals surface area (Å²) in [6.45, 7) is 9.32. The molecule has 0 aliphatic rings. The van der Waals surface area contributed by atoms with E-state index in [4.69, 9.17) is 13.8 Å². The van der Waals surface area contributed by atoms with Crippen molar-refractivity contribution < 1.29 is 27.8 Å². The Bertz CT molecular complexity index is 760. The van der Waals surface area contributed by atoms with Gasteiger partial charge in [0.1, 0.15) is 6.54 Å². The zero-order valence-electron chi connectivity index (χ0n) is 27.7. The molecule has 0 aliphatic carbocycles. The van der Waals surface area contributed by atoms with E-state index >= 15 is 0 Å². The average molecular weight is 613 g/mol. The average Bonchev–Trinajstić information content (AvgIpc) is 2.98. The number of rotatable bonds is 31. The number of aromatic nitrogens is 1. The van der Waals surface area contributed by atoms with Crippen molar-refractivity contribution in [2.24, 2.45) is 5.92 Å². The molecule has 1 heterocycles. The Morgan fingerprint density at radius 2 is 1.17 bits per heavy atom. The van der Waals surface area contributed by atoms with Gasteiger partial charge in [-0.05, 0) is 38.2 Å². The Morgan fingerprint density at radius 3 is 1.71 bits per heavy atom. The highest BCUT2D eigenvalue weighted by Crippen LogP contribution is 2.44. The van der Waals surface area contributed by atoms with Gasteiger partial charge in [-0.25, -0.2) is 9.13 Å².